The molecular formula is C46H57N3O15. The van der Waals surface area contributed by atoms with Crippen LogP contribution in [0.25, 0.3) is 0 Å². The normalized spacial score (nSPS) is 32.4. The van der Waals surface area contributed by atoms with Gasteiger partial charge in [0.05, 0.1) is 37.6 Å². The van der Waals surface area contributed by atoms with Crippen molar-refractivity contribution < 1.29 is 71.3 Å². The molecule has 2 aliphatic carbocycles. The van der Waals surface area contributed by atoms with Gasteiger partial charge in [-0.1, -0.05) is 55.5 Å². The van der Waals surface area contributed by atoms with Crippen molar-refractivity contribution in [2.45, 2.75) is 123 Å². The van der Waals surface area contributed by atoms with Crippen molar-refractivity contribution in [1.82, 2.24) is 15.0 Å². The number of fused-ring (bicyclic) bond motifs is 3. The van der Waals surface area contributed by atoms with Gasteiger partial charge >= 0.3 is 29.8 Å². The van der Waals surface area contributed by atoms with Crippen molar-refractivity contribution in [1.29, 1.82) is 0 Å². The van der Waals surface area contributed by atoms with Crippen LogP contribution in [0.2, 0.25) is 0 Å². The number of esters is 5. The molecule has 4 heterocycles. The van der Waals surface area contributed by atoms with Crippen molar-refractivity contribution in [3.63, 3.8) is 0 Å². The van der Waals surface area contributed by atoms with E-state index in [9.17, 15) is 24.0 Å². The van der Waals surface area contributed by atoms with E-state index in [0.717, 1.165) is 52.0 Å². The number of hydrogen-bond donors (Lipinski definition) is 0. The maximum Gasteiger partial charge on any atom is 0.338 e. The highest BCUT2D eigenvalue weighted by atomic mass is 16.7. The average Bonchev–Trinajstić information content (AvgIpc) is 3.88. The van der Waals surface area contributed by atoms with Crippen molar-refractivity contribution in [2.24, 2.45) is 22.7 Å². The molecular weight excluding hydrogens is 835 g/mol. The highest BCUT2D eigenvalue weighted by molar-refractivity contribution is 5.93. The van der Waals surface area contributed by atoms with Crippen LogP contribution in [0.1, 0.15) is 84.8 Å². The van der Waals surface area contributed by atoms with Crippen molar-refractivity contribution >= 4 is 29.8 Å². The zero-order valence-electron chi connectivity index (χ0n) is 37.1. The van der Waals surface area contributed by atoms with E-state index in [-0.39, 0.29) is 55.2 Å². The Balaban J connectivity index is 0.917. The van der Waals surface area contributed by atoms with Gasteiger partial charge in [-0.05, 0) is 55.2 Å². The topological polar surface area (TPSA) is 208 Å². The molecule has 4 fully saturated rings. The SMILES string of the molecule is C=C1CC[C@H]2[C@@](C)(CCC3OC(c4ccc(OCc5cn(CCOC6OC(COC(C)=O)C(OC(C)=O)C(OC(C)=O)C6OC(C)=O)nn5)cc4)OC[C@]32C)[C@@H]1/C=C/C1=CCOC1=O. The number of benzene rings is 1. The molecule has 1 aromatic heterocycles. The molecule has 5 aliphatic rings. The van der Waals surface area contributed by atoms with Crippen LogP contribution in [0.3, 0.4) is 0 Å². The maximum absolute atomic E-state index is 12.1. The fourth-order valence-corrected chi connectivity index (χ4v) is 9.99. The van der Waals surface area contributed by atoms with Crippen LogP contribution in [0, 0.1) is 22.7 Å². The van der Waals surface area contributed by atoms with Crippen LogP contribution in [-0.4, -0.2) is 108 Å². The first kappa shape index (κ1) is 46.6. The first-order valence-corrected chi connectivity index (χ1v) is 21.6. The molecule has 2 saturated heterocycles. The summed E-state index contributed by atoms with van der Waals surface area (Å²) in [5.41, 5.74) is 2.99. The van der Waals surface area contributed by atoms with Gasteiger partial charge in [0.2, 0.25) is 0 Å². The molecule has 346 valence electrons. The third-order valence-electron chi connectivity index (χ3n) is 12.9. The van der Waals surface area contributed by atoms with E-state index in [1.165, 1.54) is 17.2 Å². The Morgan fingerprint density at radius 2 is 1.64 bits per heavy atom. The number of carbonyl (C=O) groups is 5. The van der Waals surface area contributed by atoms with Gasteiger partial charge in [-0.3, -0.25) is 19.2 Å². The maximum atomic E-state index is 12.1. The number of cyclic esters (lactones) is 1. The Labute approximate surface area is 371 Å². The standard InChI is InChI=1S/C46H57N3O15/c1-26-8-15-37-45(6,35(26)14-11-31-17-20-55-42(31)54)18-16-38-46(37,7)25-59-43(64-38)32-9-12-34(13-10-32)58-23-33-22-49(48-47-33)19-21-56-44-41(62-30(5)53)40(61-29(4)52)39(60-28(3)51)36(63-44)24-57-27(2)50/h9-14,17,22,35-41,43-44H,1,8,15-16,18-21,23-25H2,2-7H3/b14-11+/t35-,36?,37+,38?,39?,40?,41?,43?,44?,45+,46+/m1/s1. The van der Waals surface area contributed by atoms with Crippen LogP contribution < -0.4 is 4.74 Å². The lowest BCUT2D eigenvalue weighted by Crippen LogP contribution is -2.63. The first-order valence-electron chi connectivity index (χ1n) is 21.6. The smallest absolute Gasteiger partial charge is 0.338 e. The van der Waals surface area contributed by atoms with Crippen LogP contribution in [0.4, 0.5) is 0 Å². The molecule has 18 nitrogen and oxygen atoms in total. The molecule has 0 bridgehead atoms. The Morgan fingerprint density at radius 1 is 0.922 bits per heavy atom. The van der Waals surface area contributed by atoms with Crippen LogP contribution in [0.15, 0.2) is 66.4 Å². The predicted octanol–water partition coefficient (Wildman–Crippen LogP) is 4.80. The minimum absolute atomic E-state index is 0.0175. The lowest BCUT2D eigenvalue weighted by Gasteiger charge is -2.62. The van der Waals surface area contributed by atoms with Gasteiger partial charge in [-0.25, -0.2) is 9.48 Å². The monoisotopic (exact) mass is 891 g/mol. The predicted molar refractivity (Wildman–Crippen MR) is 221 cm³/mol. The zero-order valence-corrected chi connectivity index (χ0v) is 37.1. The lowest BCUT2D eigenvalue weighted by atomic mass is 9.46. The molecule has 0 radical (unpaired) electrons. The van der Waals surface area contributed by atoms with Gasteiger partial charge in [0, 0.05) is 44.6 Å². The molecule has 1 aromatic carbocycles. The fourth-order valence-electron chi connectivity index (χ4n) is 9.99. The summed E-state index contributed by atoms with van der Waals surface area (Å²) in [5, 5.41) is 8.36. The van der Waals surface area contributed by atoms with Gasteiger partial charge in [0.15, 0.2) is 30.9 Å². The lowest BCUT2D eigenvalue weighted by molar-refractivity contribution is -0.308. The molecule has 0 spiro atoms. The first-order chi connectivity index (χ1) is 30.5. The summed E-state index contributed by atoms with van der Waals surface area (Å²) >= 11 is 0. The number of allylic oxidation sites excluding steroid dienone is 2. The van der Waals surface area contributed by atoms with E-state index in [0.29, 0.717) is 36.1 Å². The molecule has 0 amide bonds. The van der Waals surface area contributed by atoms with Crippen molar-refractivity contribution in [3.05, 3.63) is 77.7 Å². The Morgan fingerprint density at radius 3 is 2.33 bits per heavy atom. The largest absolute Gasteiger partial charge is 0.487 e. The minimum atomic E-state index is -1.34. The summed E-state index contributed by atoms with van der Waals surface area (Å²) < 4.78 is 59.3. The van der Waals surface area contributed by atoms with Gasteiger partial charge in [0.1, 0.15) is 37.4 Å². The van der Waals surface area contributed by atoms with Crippen molar-refractivity contribution in [3.8, 4) is 5.75 Å². The molecule has 0 N–H and O–H groups in total. The number of carbonyl (C=O) groups excluding carboxylic acids is 5. The summed E-state index contributed by atoms with van der Waals surface area (Å²) in [5.74, 6) is -2.02. The number of rotatable bonds is 15. The second-order valence-electron chi connectivity index (χ2n) is 17.4. The van der Waals surface area contributed by atoms with E-state index >= 15 is 0 Å². The molecule has 2 aromatic rings. The van der Waals surface area contributed by atoms with Gasteiger partial charge in [-0.2, -0.15) is 0 Å². The number of hydrogen-bond acceptors (Lipinski definition) is 17. The highest BCUT2D eigenvalue weighted by Crippen LogP contribution is 2.63. The molecule has 11 atom stereocenters. The zero-order chi connectivity index (χ0) is 45.8. The third-order valence-corrected chi connectivity index (χ3v) is 12.9. The number of aromatic nitrogens is 3. The Kier molecular flexibility index (Phi) is 14.4. The summed E-state index contributed by atoms with van der Waals surface area (Å²) in [6, 6.07) is 7.59. The van der Waals surface area contributed by atoms with Crippen LogP contribution in [0.5, 0.6) is 5.75 Å². The summed E-state index contributed by atoms with van der Waals surface area (Å²) in [7, 11) is 0. The van der Waals surface area contributed by atoms with Gasteiger partial charge in [0.25, 0.3) is 0 Å². The Bertz CT molecular complexity index is 2130. The van der Waals surface area contributed by atoms with E-state index in [1.807, 2.05) is 36.4 Å². The van der Waals surface area contributed by atoms with Gasteiger partial charge in [-0.15, -0.1) is 5.10 Å². The number of ether oxygens (including phenoxy) is 10. The molecule has 2 saturated carbocycles. The van der Waals surface area contributed by atoms with Gasteiger partial charge < -0.3 is 47.4 Å². The second kappa shape index (κ2) is 19.8. The molecule has 7 unspecified atom stereocenters. The van der Waals surface area contributed by atoms with E-state index in [2.05, 4.69) is 36.8 Å². The van der Waals surface area contributed by atoms with Crippen LogP contribution in [-0.2, 0) is 79.8 Å². The summed E-state index contributed by atoms with van der Waals surface area (Å²) in [6.07, 6.45) is 4.45. The molecule has 3 aliphatic heterocycles. The summed E-state index contributed by atoms with van der Waals surface area (Å²) in [6.45, 7) is 14.5. The number of nitrogens with zero attached hydrogens (tertiary/aromatic N) is 3. The Hall–Kier alpha value is -5.43. The van der Waals surface area contributed by atoms with E-state index in [4.69, 9.17) is 47.4 Å². The molecule has 64 heavy (non-hydrogen) atoms. The quantitative estimate of drug-likeness (QED) is 0.134. The van der Waals surface area contributed by atoms with E-state index in [1.54, 1.807) is 6.20 Å². The van der Waals surface area contributed by atoms with E-state index < -0.39 is 60.9 Å². The minimum Gasteiger partial charge on any atom is -0.487 e. The second-order valence-corrected chi connectivity index (χ2v) is 17.4. The summed E-state index contributed by atoms with van der Waals surface area (Å²) in [4.78, 5) is 60.0. The highest BCUT2D eigenvalue weighted by Gasteiger charge is 2.60. The van der Waals surface area contributed by atoms with Crippen molar-refractivity contribution in [2.75, 3.05) is 26.4 Å². The molecule has 7 rings (SSSR count). The fraction of sp³-hybridized carbons (Fsp3) is 0.587. The average molecular weight is 892 g/mol. The third kappa shape index (κ3) is 10.4. The van der Waals surface area contributed by atoms with Crippen LogP contribution >= 0.6 is 0 Å². The molecule has 18 heteroatoms.